The average molecular weight is 887 g/mol. The molecule has 6 nitrogen and oxygen atoms in total. The Morgan fingerprint density at radius 2 is 0.603 bits per heavy atom. The number of allylic oxidation sites excluding steroid dienone is 4. The van der Waals surface area contributed by atoms with Gasteiger partial charge in [0.15, 0.2) is 6.10 Å². The van der Waals surface area contributed by atoms with Crippen molar-refractivity contribution < 1.29 is 28.6 Å². The highest BCUT2D eigenvalue weighted by Gasteiger charge is 2.19. The molecular weight excluding hydrogens is 781 g/mol. The zero-order valence-corrected chi connectivity index (χ0v) is 42.4. The molecule has 0 aromatic rings. The lowest BCUT2D eigenvalue weighted by Crippen LogP contribution is -2.30. The molecule has 0 rings (SSSR count). The number of carbonyl (C=O) groups is 3. The van der Waals surface area contributed by atoms with Crippen molar-refractivity contribution in [2.45, 2.75) is 309 Å². The summed E-state index contributed by atoms with van der Waals surface area (Å²) in [5.41, 5.74) is 0. The lowest BCUT2D eigenvalue weighted by Gasteiger charge is -2.18. The normalized spacial score (nSPS) is 12.1. The Kier molecular flexibility index (Phi) is 50.8. The summed E-state index contributed by atoms with van der Waals surface area (Å²) in [6.07, 6.45) is 60.2. The van der Waals surface area contributed by atoms with Gasteiger partial charge in [-0.1, -0.05) is 263 Å². The zero-order chi connectivity index (χ0) is 45.8. The maximum absolute atomic E-state index is 12.8. The minimum absolute atomic E-state index is 0.0718. The first-order chi connectivity index (χ1) is 31.0. The molecule has 0 N–H and O–H groups in total. The quantitative estimate of drug-likeness (QED) is 0.0262. The molecule has 0 fully saturated rings. The summed E-state index contributed by atoms with van der Waals surface area (Å²) in [7, 11) is 0. The summed E-state index contributed by atoms with van der Waals surface area (Å²) < 4.78 is 16.8. The summed E-state index contributed by atoms with van der Waals surface area (Å²) >= 11 is 0. The van der Waals surface area contributed by atoms with Gasteiger partial charge < -0.3 is 14.2 Å². The van der Waals surface area contributed by atoms with Crippen LogP contribution in [0, 0.1) is 0 Å². The van der Waals surface area contributed by atoms with Crippen LogP contribution in [0.4, 0.5) is 0 Å². The number of hydrogen-bond acceptors (Lipinski definition) is 6. The first-order valence-corrected chi connectivity index (χ1v) is 27.8. The number of ether oxygens (including phenoxy) is 3. The zero-order valence-electron chi connectivity index (χ0n) is 42.4. The minimum atomic E-state index is -0.772. The fourth-order valence-corrected chi connectivity index (χ4v) is 8.25. The lowest BCUT2D eigenvalue weighted by molar-refractivity contribution is -0.167. The molecule has 0 aliphatic heterocycles. The van der Waals surface area contributed by atoms with Gasteiger partial charge in [0, 0.05) is 19.3 Å². The molecule has 0 saturated heterocycles. The number of rotatable bonds is 51. The van der Waals surface area contributed by atoms with E-state index < -0.39 is 6.10 Å². The molecule has 1 unspecified atom stereocenters. The van der Waals surface area contributed by atoms with E-state index in [-0.39, 0.29) is 31.1 Å². The standard InChI is InChI=1S/C57H106O6/c1-4-7-10-13-16-19-22-25-26-27-28-29-30-33-35-38-41-44-47-50-56(59)62-53-54(63-57(60)51-48-45-42-39-36-32-24-21-18-15-12-9-6-3)52-61-55(58)49-46-43-40-37-34-31-23-20-17-14-11-8-5-2/h12,15,21,24,54H,4-11,13-14,16-20,22-23,25-53H2,1-3H3/b15-12-,24-21-. The van der Waals surface area contributed by atoms with Crippen molar-refractivity contribution in [2.24, 2.45) is 0 Å². The highest BCUT2D eigenvalue weighted by atomic mass is 16.6. The first kappa shape index (κ1) is 60.9. The van der Waals surface area contributed by atoms with Gasteiger partial charge in [-0.2, -0.15) is 0 Å². The molecule has 370 valence electrons. The number of carbonyl (C=O) groups excluding carboxylic acids is 3. The number of esters is 3. The summed E-state index contributed by atoms with van der Waals surface area (Å²) in [6.45, 7) is 6.61. The summed E-state index contributed by atoms with van der Waals surface area (Å²) in [6, 6.07) is 0. The van der Waals surface area contributed by atoms with E-state index >= 15 is 0 Å². The fourth-order valence-electron chi connectivity index (χ4n) is 8.25. The Morgan fingerprint density at radius 3 is 0.937 bits per heavy atom. The molecule has 0 aliphatic rings. The van der Waals surface area contributed by atoms with E-state index in [0.717, 1.165) is 89.9 Å². The van der Waals surface area contributed by atoms with E-state index in [9.17, 15) is 14.4 Å². The predicted molar refractivity (Wildman–Crippen MR) is 270 cm³/mol. The van der Waals surface area contributed by atoms with Gasteiger partial charge in [-0.3, -0.25) is 14.4 Å². The van der Waals surface area contributed by atoms with Crippen LogP contribution in [-0.4, -0.2) is 37.2 Å². The van der Waals surface area contributed by atoms with Crippen LogP contribution in [0.2, 0.25) is 0 Å². The molecule has 0 aromatic carbocycles. The lowest BCUT2D eigenvalue weighted by atomic mass is 10.0. The van der Waals surface area contributed by atoms with E-state index in [1.807, 2.05) is 0 Å². The van der Waals surface area contributed by atoms with E-state index in [0.29, 0.717) is 19.3 Å². The van der Waals surface area contributed by atoms with Crippen molar-refractivity contribution in [1.82, 2.24) is 0 Å². The maximum atomic E-state index is 12.8. The van der Waals surface area contributed by atoms with E-state index in [4.69, 9.17) is 14.2 Å². The molecule has 0 amide bonds. The van der Waals surface area contributed by atoms with Gasteiger partial charge in [-0.25, -0.2) is 0 Å². The molecule has 0 spiro atoms. The third kappa shape index (κ3) is 50.7. The highest BCUT2D eigenvalue weighted by molar-refractivity contribution is 5.71. The monoisotopic (exact) mass is 887 g/mol. The molecule has 0 bridgehead atoms. The molecule has 0 heterocycles. The maximum Gasteiger partial charge on any atom is 0.306 e. The Labute approximate surface area is 392 Å². The van der Waals surface area contributed by atoms with Crippen LogP contribution in [0.15, 0.2) is 24.3 Å². The van der Waals surface area contributed by atoms with Gasteiger partial charge in [-0.05, 0) is 44.9 Å². The van der Waals surface area contributed by atoms with Crippen LogP contribution in [0.1, 0.15) is 303 Å². The van der Waals surface area contributed by atoms with Gasteiger partial charge in [0.2, 0.25) is 0 Å². The van der Waals surface area contributed by atoms with Crippen molar-refractivity contribution in [3.63, 3.8) is 0 Å². The molecule has 0 aliphatic carbocycles. The number of unbranched alkanes of at least 4 members (excludes halogenated alkanes) is 36. The van der Waals surface area contributed by atoms with Gasteiger partial charge in [0.1, 0.15) is 13.2 Å². The van der Waals surface area contributed by atoms with Crippen LogP contribution >= 0.6 is 0 Å². The van der Waals surface area contributed by atoms with Crippen LogP contribution in [0.3, 0.4) is 0 Å². The molecule has 63 heavy (non-hydrogen) atoms. The molecule has 0 radical (unpaired) electrons. The predicted octanol–water partition coefficient (Wildman–Crippen LogP) is 18.3. The van der Waals surface area contributed by atoms with Crippen LogP contribution < -0.4 is 0 Å². The van der Waals surface area contributed by atoms with Crippen molar-refractivity contribution in [2.75, 3.05) is 13.2 Å². The first-order valence-electron chi connectivity index (χ1n) is 27.8. The highest BCUT2D eigenvalue weighted by Crippen LogP contribution is 2.17. The molecule has 1 atom stereocenters. The summed E-state index contributed by atoms with van der Waals surface area (Å²) in [4.78, 5) is 38.0. The fraction of sp³-hybridized carbons (Fsp3) is 0.877. The van der Waals surface area contributed by atoms with Crippen molar-refractivity contribution in [3.8, 4) is 0 Å². The van der Waals surface area contributed by atoms with E-state index in [1.165, 1.54) is 173 Å². The molecule has 6 heteroatoms. The second kappa shape index (κ2) is 52.5. The van der Waals surface area contributed by atoms with Gasteiger partial charge in [0.05, 0.1) is 0 Å². The Balaban J connectivity index is 4.29. The third-order valence-electron chi connectivity index (χ3n) is 12.4. The van der Waals surface area contributed by atoms with Crippen LogP contribution in [-0.2, 0) is 28.6 Å². The SMILES string of the molecule is CCC/C=C\C/C=C\CCCCCCCC(=O)OC(COC(=O)CCCCCCCCCCCCCCC)COC(=O)CCCCCCCCCCCCCCCCCCCCC. The molecular formula is C57H106O6. The Hall–Kier alpha value is -2.11. The average Bonchev–Trinajstić information content (AvgIpc) is 3.28. The Morgan fingerprint density at radius 1 is 0.317 bits per heavy atom. The van der Waals surface area contributed by atoms with Gasteiger partial charge >= 0.3 is 17.9 Å². The largest absolute Gasteiger partial charge is 0.462 e. The summed E-state index contributed by atoms with van der Waals surface area (Å²) in [5, 5.41) is 0. The second-order valence-electron chi connectivity index (χ2n) is 18.9. The smallest absolute Gasteiger partial charge is 0.306 e. The van der Waals surface area contributed by atoms with Crippen LogP contribution in [0.25, 0.3) is 0 Å². The van der Waals surface area contributed by atoms with Crippen molar-refractivity contribution in [1.29, 1.82) is 0 Å². The van der Waals surface area contributed by atoms with E-state index in [1.54, 1.807) is 0 Å². The number of hydrogen-bond donors (Lipinski definition) is 0. The topological polar surface area (TPSA) is 78.9 Å². The Bertz CT molecular complexity index is 1020. The van der Waals surface area contributed by atoms with E-state index in [2.05, 4.69) is 45.1 Å². The van der Waals surface area contributed by atoms with Gasteiger partial charge in [-0.15, -0.1) is 0 Å². The van der Waals surface area contributed by atoms with Gasteiger partial charge in [0.25, 0.3) is 0 Å². The van der Waals surface area contributed by atoms with Crippen molar-refractivity contribution >= 4 is 17.9 Å². The molecule has 0 saturated carbocycles. The van der Waals surface area contributed by atoms with Crippen LogP contribution in [0.5, 0.6) is 0 Å². The minimum Gasteiger partial charge on any atom is -0.462 e. The summed E-state index contributed by atoms with van der Waals surface area (Å²) in [5.74, 6) is -0.868. The molecule has 0 aromatic heterocycles. The van der Waals surface area contributed by atoms with Crippen molar-refractivity contribution in [3.05, 3.63) is 24.3 Å². The third-order valence-corrected chi connectivity index (χ3v) is 12.4. The second-order valence-corrected chi connectivity index (χ2v) is 18.9.